The van der Waals surface area contributed by atoms with Crippen LogP contribution >= 0.6 is 0 Å². The van der Waals surface area contributed by atoms with Crippen LogP contribution < -0.4 is 5.32 Å². The van der Waals surface area contributed by atoms with Crippen LogP contribution in [-0.4, -0.2) is 59.6 Å². The van der Waals surface area contributed by atoms with Gasteiger partial charge in [0.05, 0.1) is 18.9 Å². The third kappa shape index (κ3) is 4.68. The van der Waals surface area contributed by atoms with Crippen molar-refractivity contribution < 1.29 is 13.9 Å². The van der Waals surface area contributed by atoms with Gasteiger partial charge in [-0.05, 0) is 36.2 Å². The predicted molar refractivity (Wildman–Crippen MR) is 113 cm³/mol. The fourth-order valence-corrected chi connectivity index (χ4v) is 3.98. The van der Waals surface area contributed by atoms with Crippen molar-refractivity contribution in [2.75, 3.05) is 39.4 Å². The number of fused-ring (bicyclic) bond motifs is 1. The molecular formula is C23H27FN4O2. The largest absolute Gasteiger partial charge is 0.379 e. The molecule has 0 radical (unpaired) electrons. The van der Waals surface area contributed by atoms with Crippen LogP contribution in [0.2, 0.25) is 0 Å². The van der Waals surface area contributed by atoms with Crippen molar-refractivity contribution in [3.05, 3.63) is 71.4 Å². The zero-order valence-electron chi connectivity index (χ0n) is 17.2. The van der Waals surface area contributed by atoms with E-state index in [1.165, 1.54) is 12.1 Å². The number of nitrogens with zero attached hydrogens (tertiary/aromatic N) is 3. The Balaban J connectivity index is 1.52. The fourth-order valence-electron chi connectivity index (χ4n) is 3.98. The van der Waals surface area contributed by atoms with Gasteiger partial charge < -0.3 is 14.5 Å². The zero-order valence-corrected chi connectivity index (χ0v) is 17.2. The van der Waals surface area contributed by atoms with Gasteiger partial charge in [-0.1, -0.05) is 18.2 Å². The lowest BCUT2D eigenvalue weighted by Crippen LogP contribution is -2.41. The number of amides is 1. The van der Waals surface area contributed by atoms with E-state index in [-0.39, 0.29) is 24.1 Å². The van der Waals surface area contributed by atoms with Crippen LogP contribution in [0.15, 0.2) is 48.8 Å². The SMILES string of the molecule is Cc1cccn2c(C(CC(=O)NCCN3CCOCC3)c3cccc(F)c3)cnc12. The molecule has 1 unspecified atom stereocenters. The number of aryl methyl sites for hydroxylation is 1. The van der Waals surface area contributed by atoms with E-state index in [2.05, 4.69) is 15.2 Å². The minimum atomic E-state index is -0.310. The van der Waals surface area contributed by atoms with Crippen LogP contribution in [0.5, 0.6) is 0 Å². The summed E-state index contributed by atoms with van der Waals surface area (Å²) < 4.78 is 21.3. The van der Waals surface area contributed by atoms with Crippen molar-refractivity contribution in [3.63, 3.8) is 0 Å². The molecule has 0 bridgehead atoms. The van der Waals surface area contributed by atoms with E-state index in [1.54, 1.807) is 12.3 Å². The van der Waals surface area contributed by atoms with E-state index >= 15 is 0 Å². The molecule has 1 saturated heterocycles. The van der Waals surface area contributed by atoms with Crippen LogP contribution in [-0.2, 0) is 9.53 Å². The number of carbonyl (C=O) groups excluding carboxylic acids is 1. The van der Waals surface area contributed by atoms with E-state index in [4.69, 9.17) is 4.74 Å². The first-order valence-corrected chi connectivity index (χ1v) is 10.4. The highest BCUT2D eigenvalue weighted by Crippen LogP contribution is 2.29. The molecule has 2 aromatic heterocycles. The van der Waals surface area contributed by atoms with Gasteiger partial charge in [0.2, 0.25) is 5.91 Å². The van der Waals surface area contributed by atoms with Gasteiger partial charge in [0.15, 0.2) is 0 Å². The molecule has 1 fully saturated rings. The molecule has 1 aromatic carbocycles. The molecular weight excluding hydrogens is 383 g/mol. The molecule has 4 rings (SSSR count). The summed E-state index contributed by atoms with van der Waals surface area (Å²) in [5.41, 5.74) is 3.54. The monoisotopic (exact) mass is 410 g/mol. The Morgan fingerprint density at radius 2 is 2.10 bits per heavy atom. The Bertz CT molecular complexity index is 1010. The van der Waals surface area contributed by atoms with E-state index in [0.717, 1.165) is 55.3 Å². The van der Waals surface area contributed by atoms with Crippen molar-refractivity contribution in [2.24, 2.45) is 0 Å². The first kappa shape index (κ1) is 20.5. The Labute approximate surface area is 175 Å². The summed E-state index contributed by atoms with van der Waals surface area (Å²) in [5, 5.41) is 3.02. The minimum absolute atomic E-state index is 0.0554. The molecule has 30 heavy (non-hydrogen) atoms. The van der Waals surface area contributed by atoms with E-state index in [9.17, 15) is 9.18 Å². The number of hydrogen-bond donors (Lipinski definition) is 1. The highest BCUT2D eigenvalue weighted by molar-refractivity contribution is 5.77. The molecule has 158 valence electrons. The molecule has 0 saturated carbocycles. The highest BCUT2D eigenvalue weighted by atomic mass is 19.1. The van der Waals surface area contributed by atoms with Crippen molar-refractivity contribution >= 4 is 11.6 Å². The Morgan fingerprint density at radius 3 is 2.90 bits per heavy atom. The molecule has 1 amide bonds. The summed E-state index contributed by atoms with van der Waals surface area (Å²) in [6.45, 7) is 6.65. The van der Waals surface area contributed by atoms with Gasteiger partial charge in [0, 0.05) is 50.9 Å². The van der Waals surface area contributed by atoms with Crippen LogP contribution in [0.1, 0.15) is 29.2 Å². The predicted octanol–water partition coefficient (Wildman–Crippen LogP) is 2.75. The molecule has 0 aliphatic carbocycles. The lowest BCUT2D eigenvalue weighted by atomic mass is 9.92. The lowest BCUT2D eigenvalue weighted by molar-refractivity contribution is -0.121. The Kier molecular flexibility index (Phi) is 6.40. The van der Waals surface area contributed by atoms with E-state index < -0.39 is 0 Å². The summed E-state index contributed by atoms with van der Waals surface area (Å²) >= 11 is 0. The number of aromatic nitrogens is 2. The van der Waals surface area contributed by atoms with Crippen molar-refractivity contribution in [3.8, 4) is 0 Å². The third-order valence-electron chi connectivity index (χ3n) is 5.61. The summed E-state index contributed by atoms with van der Waals surface area (Å²) in [7, 11) is 0. The van der Waals surface area contributed by atoms with Gasteiger partial charge in [-0.3, -0.25) is 9.69 Å². The average molecular weight is 410 g/mol. The molecule has 1 aliphatic heterocycles. The number of ether oxygens (including phenoxy) is 1. The van der Waals surface area contributed by atoms with Gasteiger partial charge in [-0.15, -0.1) is 0 Å². The number of hydrogen-bond acceptors (Lipinski definition) is 4. The molecule has 3 aromatic rings. The second-order valence-electron chi connectivity index (χ2n) is 7.68. The number of rotatable bonds is 7. The lowest BCUT2D eigenvalue weighted by Gasteiger charge is -2.26. The first-order valence-electron chi connectivity index (χ1n) is 10.4. The molecule has 1 atom stereocenters. The summed E-state index contributed by atoms with van der Waals surface area (Å²) in [5.74, 6) is -0.656. The molecule has 3 heterocycles. The smallest absolute Gasteiger partial charge is 0.221 e. The number of halogens is 1. The molecule has 1 N–H and O–H groups in total. The van der Waals surface area contributed by atoms with Gasteiger partial charge in [0.25, 0.3) is 0 Å². The van der Waals surface area contributed by atoms with Gasteiger partial charge >= 0.3 is 0 Å². The standard InChI is InChI=1S/C23H27FN4O2/c1-17-4-3-8-28-21(16-26-23(17)28)20(18-5-2-6-19(24)14-18)15-22(29)25-7-9-27-10-12-30-13-11-27/h2-6,8,14,16,20H,7,9-13,15H2,1H3,(H,25,29). The summed E-state index contributed by atoms with van der Waals surface area (Å²) in [6.07, 6.45) is 3.96. The summed E-state index contributed by atoms with van der Waals surface area (Å²) in [6, 6.07) is 10.4. The highest BCUT2D eigenvalue weighted by Gasteiger charge is 2.23. The number of carbonyl (C=O) groups is 1. The second kappa shape index (κ2) is 9.36. The van der Waals surface area contributed by atoms with Crippen molar-refractivity contribution in [1.82, 2.24) is 19.6 Å². The van der Waals surface area contributed by atoms with Gasteiger partial charge in [0.1, 0.15) is 11.5 Å². The van der Waals surface area contributed by atoms with E-state index in [0.29, 0.717) is 6.54 Å². The van der Waals surface area contributed by atoms with Gasteiger partial charge in [-0.25, -0.2) is 9.37 Å². The maximum absolute atomic E-state index is 14.0. The maximum Gasteiger partial charge on any atom is 0.221 e. The molecule has 0 spiro atoms. The average Bonchev–Trinajstić information content (AvgIpc) is 3.18. The van der Waals surface area contributed by atoms with Crippen LogP contribution in [0.4, 0.5) is 4.39 Å². The summed E-state index contributed by atoms with van der Waals surface area (Å²) in [4.78, 5) is 19.6. The molecule has 6 nitrogen and oxygen atoms in total. The van der Waals surface area contributed by atoms with Crippen LogP contribution in [0, 0.1) is 12.7 Å². The topological polar surface area (TPSA) is 58.9 Å². The Morgan fingerprint density at radius 1 is 1.27 bits per heavy atom. The van der Waals surface area contributed by atoms with Crippen LogP contribution in [0.3, 0.4) is 0 Å². The Hall–Kier alpha value is -2.77. The minimum Gasteiger partial charge on any atom is -0.379 e. The first-order chi connectivity index (χ1) is 14.6. The number of pyridine rings is 1. The molecule has 7 heteroatoms. The zero-order chi connectivity index (χ0) is 20.9. The number of imidazole rings is 1. The van der Waals surface area contributed by atoms with Crippen molar-refractivity contribution in [1.29, 1.82) is 0 Å². The fraction of sp³-hybridized carbons (Fsp3) is 0.391. The number of nitrogens with one attached hydrogen (secondary N) is 1. The number of morpholine rings is 1. The van der Waals surface area contributed by atoms with Crippen LogP contribution in [0.25, 0.3) is 5.65 Å². The number of benzene rings is 1. The normalized spacial score (nSPS) is 15.9. The molecule has 1 aliphatic rings. The van der Waals surface area contributed by atoms with E-state index in [1.807, 2.05) is 35.7 Å². The van der Waals surface area contributed by atoms with Gasteiger partial charge in [-0.2, -0.15) is 0 Å². The quantitative estimate of drug-likeness (QED) is 0.651. The van der Waals surface area contributed by atoms with Crippen molar-refractivity contribution in [2.45, 2.75) is 19.3 Å². The second-order valence-corrected chi connectivity index (χ2v) is 7.68. The third-order valence-corrected chi connectivity index (χ3v) is 5.61. The maximum atomic E-state index is 14.0.